The normalized spacial score (nSPS) is 30.2. The molecule has 2 aliphatic heterocycles. The summed E-state index contributed by atoms with van der Waals surface area (Å²) >= 11 is 1.45. The maximum Gasteiger partial charge on any atom is 0.230 e. The van der Waals surface area contributed by atoms with E-state index in [9.17, 15) is 9.59 Å². The number of carbonyl (C=O) groups is 2. The molecule has 0 unspecified atom stereocenters. The topological polar surface area (TPSA) is 77.0 Å². The number of allylic oxidation sites excluding steroid dienone is 2. The van der Waals surface area contributed by atoms with E-state index < -0.39 is 0 Å². The number of carbonyl (C=O) groups excluding carboxylic acids is 2. The molecule has 6 rings (SSSR count). The molecule has 1 aromatic rings. The van der Waals surface area contributed by atoms with Gasteiger partial charge < -0.3 is 15.5 Å². The molecule has 3 fully saturated rings. The van der Waals surface area contributed by atoms with Gasteiger partial charge in [-0.05, 0) is 87.5 Å². The maximum absolute atomic E-state index is 13.5. The van der Waals surface area contributed by atoms with Gasteiger partial charge in [0.25, 0.3) is 0 Å². The molecule has 8 heteroatoms. The average Bonchev–Trinajstić information content (AvgIpc) is 3.20. The third kappa shape index (κ3) is 4.40. The van der Waals surface area contributed by atoms with Crippen molar-refractivity contribution in [2.45, 2.75) is 38.5 Å². The first-order valence-corrected chi connectivity index (χ1v) is 14.0. The van der Waals surface area contributed by atoms with Crippen molar-refractivity contribution in [3.05, 3.63) is 42.5 Å². The van der Waals surface area contributed by atoms with E-state index >= 15 is 0 Å². The van der Waals surface area contributed by atoms with E-state index in [4.69, 9.17) is 0 Å². The number of nitrogens with one attached hydrogen (secondary N) is 2. The van der Waals surface area contributed by atoms with Crippen LogP contribution in [0.2, 0.25) is 0 Å². The van der Waals surface area contributed by atoms with Crippen LogP contribution in [0.1, 0.15) is 38.5 Å². The molecule has 2 heterocycles. The van der Waals surface area contributed by atoms with Gasteiger partial charge in [0, 0.05) is 24.2 Å². The molecule has 2 amide bonds. The van der Waals surface area contributed by atoms with Gasteiger partial charge in [0.2, 0.25) is 11.8 Å². The molecule has 1 aromatic carbocycles. The van der Waals surface area contributed by atoms with Crippen molar-refractivity contribution in [3.63, 3.8) is 0 Å². The van der Waals surface area contributed by atoms with Gasteiger partial charge in [-0.15, -0.1) is 0 Å². The SMILES string of the molecule is O=C(NCCCCN1CCCC1)[C@H]1[C@H](C(=O)NC2=NCN(c3ccccc3)S2)[C@@H]2C=C[C@H]1C21CC1. The molecule has 0 radical (unpaired) electrons. The van der Waals surface area contributed by atoms with Gasteiger partial charge in [-0.25, -0.2) is 4.99 Å². The van der Waals surface area contributed by atoms with E-state index in [1.54, 1.807) is 0 Å². The minimum Gasteiger partial charge on any atom is -0.356 e. The number of amidine groups is 1. The first-order valence-electron chi connectivity index (χ1n) is 13.2. The lowest BCUT2D eigenvalue weighted by Crippen LogP contribution is -2.45. The second-order valence-corrected chi connectivity index (χ2v) is 11.7. The lowest BCUT2D eigenvalue weighted by atomic mass is 9.81. The van der Waals surface area contributed by atoms with Crippen molar-refractivity contribution in [1.82, 2.24) is 15.5 Å². The number of likely N-dealkylation sites (tertiary alicyclic amines) is 1. The Kier molecular flexibility index (Phi) is 6.35. The van der Waals surface area contributed by atoms with Crippen LogP contribution in [-0.2, 0) is 9.59 Å². The quantitative estimate of drug-likeness (QED) is 0.330. The van der Waals surface area contributed by atoms with Crippen molar-refractivity contribution in [2.24, 2.45) is 34.1 Å². The Balaban J connectivity index is 1.06. The Bertz CT molecular complexity index is 1020. The van der Waals surface area contributed by atoms with E-state index in [1.165, 1.54) is 37.9 Å². The molecule has 35 heavy (non-hydrogen) atoms. The highest BCUT2D eigenvalue weighted by Gasteiger charge is 2.69. The molecule has 2 bridgehead atoms. The fourth-order valence-electron chi connectivity index (χ4n) is 6.78. The van der Waals surface area contributed by atoms with Crippen molar-refractivity contribution in [2.75, 3.05) is 37.2 Å². The molecule has 1 spiro atoms. The third-order valence-electron chi connectivity index (χ3n) is 8.66. The van der Waals surface area contributed by atoms with Crippen molar-refractivity contribution >= 4 is 34.6 Å². The Morgan fingerprint density at radius 1 is 1.00 bits per heavy atom. The minimum atomic E-state index is -0.314. The van der Waals surface area contributed by atoms with Gasteiger partial charge in [-0.2, -0.15) is 0 Å². The smallest absolute Gasteiger partial charge is 0.230 e. The standard InChI is InChI=1S/C27H35N5O2S/c33-24(28-14-4-5-15-31-16-6-7-17-31)22-20-10-11-21(27(20)12-13-27)23(22)25(34)30-26-29-18-32(35-26)19-8-2-1-3-9-19/h1-3,8-11,20-23H,4-7,12-18H2,(H,28,33)(H,29,30,34)/t20-,21+,22-,23-/m1/s1. The zero-order valence-corrected chi connectivity index (χ0v) is 21.0. The summed E-state index contributed by atoms with van der Waals surface area (Å²) in [4.78, 5) is 34.0. The largest absolute Gasteiger partial charge is 0.356 e. The highest BCUT2D eigenvalue weighted by molar-refractivity contribution is 8.15. The molecule has 2 N–H and O–H groups in total. The first-order chi connectivity index (χ1) is 17.2. The summed E-state index contributed by atoms with van der Waals surface area (Å²) in [7, 11) is 0. The average molecular weight is 494 g/mol. The van der Waals surface area contributed by atoms with Gasteiger partial charge in [0.05, 0.1) is 11.8 Å². The lowest BCUT2D eigenvalue weighted by molar-refractivity contribution is -0.134. The lowest BCUT2D eigenvalue weighted by Gasteiger charge is -2.26. The maximum atomic E-state index is 13.5. The summed E-state index contributed by atoms with van der Waals surface area (Å²) in [6, 6.07) is 10.1. The van der Waals surface area contributed by atoms with Crippen LogP contribution in [0, 0.1) is 29.1 Å². The Hall–Kier alpha value is -2.32. The van der Waals surface area contributed by atoms with Gasteiger partial charge in [-0.3, -0.25) is 13.9 Å². The predicted octanol–water partition coefficient (Wildman–Crippen LogP) is 3.41. The summed E-state index contributed by atoms with van der Waals surface area (Å²) in [6.07, 6.45) is 11.4. The van der Waals surface area contributed by atoms with Gasteiger partial charge in [0.1, 0.15) is 6.67 Å². The highest BCUT2D eigenvalue weighted by atomic mass is 32.2. The number of benzene rings is 1. The number of amides is 2. The molecule has 1 saturated heterocycles. The molecule has 2 saturated carbocycles. The second-order valence-electron chi connectivity index (χ2n) is 10.7. The number of anilines is 1. The zero-order valence-electron chi connectivity index (χ0n) is 20.2. The molecule has 186 valence electrons. The summed E-state index contributed by atoms with van der Waals surface area (Å²) in [5.41, 5.74) is 1.20. The molecule has 7 nitrogen and oxygen atoms in total. The number of hydrogen-bond acceptors (Lipinski definition) is 6. The van der Waals surface area contributed by atoms with E-state index in [0.717, 1.165) is 37.9 Å². The van der Waals surface area contributed by atoms with Crippen LogP contribution in [-0.4, -0.2) is 54.7 Å². The number of nitrogens with zero attached hydrogens (tertiary/aromatic N) is 3. The number of unbranched alkanes of at least 4 members (excludes halogenated alkanes) is 1. The summed E-state index contributed by atoms with van der Waals surface area (Å²) < 4.78 is 2.06. The third-order valence-corrected chi connectivity index (χ3v) is 9.61. The summed E-state index contributed by atoms with van der Waals surface area (Å²) in [6.45, 7) is 4.76. The minimum absolute atomic E-state index is 0.0523. The van der Waals surface area contributed by atoms with Crippen molar-refractivity contribution in [1.29, 1.82) is 0 Å². The van der Waals surface area contributed by atoms with Crippen LogP contribution in [0.5, 0.6) is 0 Å². The van der Waals surface area contributed by atoms with Crippen LogP contribution < -0.4 is 14.9 Å². The Labute approximate surface area is 211 Å². The first kappa shape index (κ1) is 23.1. The van der Waals surface area contributed by atoms with Crippen molar-refractivity contribution in [3.8, 4) is 0 Å². The van der Waals surface area contributed by atoms with E-state index in [2.05, 4.69) is 37.0 Å². The van der Waals surface area contributed by atoms with Gasteiger partial charge in [-0.1, -0.05) is 30.4 Å². The molecule has 4 atom stereocenters. The fourth-order valence-corrected chi connectivity index (χ4v) is 7.59. The van der Waals surface area contributed by atoms with Gasteiger partial charge in [0.15, 0.2) is 5.17 Å². The molecule has 5 aliphatic rings. The summed E-state index contributed by atoms with van der Waals surface area (Å²) in [5, 5.41) is 6.89. The van der Waals surface area contributed by atoms with Crippen LogP contribution >= 0.6 is 11.9 Å². The zero-order chi connectivity index (χ0) is 23.8. The Morgan fingerprint density at radius 3 is 2.43 bits per heavy atom. The molecule has 3 aliphatic carbocycles. The second kappa shape index (κ2) is 9.62. The van der Waals surface area contributed by atoms with Crippen LogP contribution in [0.4, 0.5) is 5.69 Å². The van der Waals surface area contributed by atoms with E-state index in [-0.39, 0.29) is 40.9 Å². The number of hydrogen-bond donors (Lipinski definition) is 2. The predicted molar refractivity (Wildman–Crippen MR) is 140 cm³/mol. The highest BCUT2D eigenvalue weighted by Crippen LogP contribution is 2.72. The Morgan fingerprint density at radius 2 is 1.71 bits per heavy atom. The fraction of sp³-hybridized carbons (Fsp3) is 0.593. The van der Waals surface area contributed by atoms with Crippen LogP contribution in [0.15, 0.2) is 47.5 Å². The molecular formula is C27H35N5O2S. The van der Waals surface area contributed by atoms with Crippen LogP contribution in [0.25, 0.3) is 0 Å². The van der Waals surface area contributed by atoms with Crippen molar-refractivity contribution < 1.29 is 9.59 Å². The number of aliphatic imine (C=N–C) groups is 1. The van der Waals surface area contributed by atoms with Crippen LogP contribution in [0.3, 0.4) is 0 Å². The molecule has 0 aromatic heterocycles. The number of rotatable bonds is 8. The summed E-state index contributed by atoms with van der Waals surface area (Å²) in [5.74, 6) is -0.234. The van der Waals surface area contributed by atoms with E-state index in [1.807, 2.05) is 30.3 Å². The van der Waals surface area contributed by atoms with Gasteiger partial charge >= 0.3 is 0 Å². The monoisotopic (exact) mass is 493 g/mol. The van der Waals surface area contributed by atoms with E-state index in [0.29, 0.717) is 18.4 Å². The molecular weight excluding hydrogens is 458 g/mol. The number of para-hydroxylation sites is 1.